The van der Waals surface area contributed by atoms with Crippen molar-refractivity contribution in [2.45, 2.75) is 64.0 Å². The minimum atomic E-state index is 0.467. The fourth-order valence-corrected chi connectivity index (χ4v) is 3.28. The summed E-state index contributed by atoms with van der Waals surface area (Å²) in [5.41, 5.74) is 0. The molecule has 0 aliphatic heterocycles. The lowest BCUT2D eigenvalue weighted by Gasteiger charge is -2.35. The van der Waals surface area contributed by atoms with Gasteiger partial charge in [0.15, 0.2) is 0 Å². The van der Waals surface area contributed by atoms with Crippen LogP contribution in [-0.2, 0) is 4.74 Å². The van der Waals surface area contributed by atoms with E-state index in [9.17, 15) is 0 Å². The van der Waals surface area contributed by atoms with E-state index < -0.39 is 0 Å². The Morgan fingerprint density at radius 2 is 1.88 bits per heavy atom. The summed E-state index contributed by atoms with van der Waals surface area (Å²) < 4.78 is 6.18. The predicted octanol–water partition coefficient (Wildman–Crippen LogP) is 2.97. The lowest BCUT2D eigenvalue weighted by atomic mass is 9.85. The molecule has 0 aromatic carbocycles. The van der Waals surface area contributed by atoms with Crippen LogP contribution in [0.3, 0.4) is 0 Å². The first-order valence-corrected chi connectivity index (χ1v) is 7.08. The molecule has 2 rings (SSSR count). The Morgan fingerprint density at radius 3 is 2.56 bits per heavy atom. The molecule has 1 N–H and O–H groups in total. The molecule has 3 unspecified atom stereocenters. The molecule has 94 valence electrons. The van der Waals surface area contributed by atoms with Gasteiger partial charge in [0.1, 0.15) is 0 Å². The molecule has 2 heteroatoms. The summed E-state index contributed by atoms with van der Waals surface area (Å²) >= 11 is 0. The molecule has 0 spiro atoms. The van der Waals surface area contributed by atoms with Crippen LogP contribution in [0.1, 0.15) is 51.9 Å². The molecule has 0 aromatic rings. The summed E-state index contributed by atoms with van der Waals surface area (Å²) in [5, 5.41) is 3.42. The van der Waals surface area contributed by atoms with Crippen LogP contribution in [0, 0.1) is 11.8 Å². The summed E-state index contributed by atoms with van der Waals surface area (Å²) in [6.45, 7) is 3.37. The third-order valence-corrected chi connectivity index (χ3v) is 4.45. The Labute approximate surface area is 100 Å². The van der Waals surface area contributed by atoms with Crippen molar-refractivity contribution in [1.29, 1.82) is 0 Å². The van der Waals surface area contributed by atoms with E-state index in [-0.39, 0.29) is 0 Å². The quantitative estimate of drug-likeness (QED) is 0.794. The van der Waals surface area contributed by atoms with Gasteiger partial charge in [-0.15, -0.1) is 0 Å². The lowest BCUT2D eigenvalue weighted by Crippen LogP contribution is -2.44. The minimum Gasteiger partial charge on any atom is -0.376 e. The third-order valence-electron chi connectivity index (χ3n) is 4.45. The lowest BCUT2D eigenvalue weighted by molar-refractivity contribution is -0.0209. The Bertz CT molecular complexity index is 201. The van der Waals surface area contributed by atoms with E-state index in [1.54, 1.807) is 0 Å². The zero-order valence-electron chi connectivity index (χ0n) is 10.9. The van der Waals surface area contributed by atoms with E-state index in [2.05, 4.69) is 19.3 Å². The first kappa shape index (κ1) is 12.4. The van der Waals surface area contributed by atoms with Crippen LogP contribution in [0.25, 0.3) is 0 Å². The van der Waals surface area contributed by atoms with Crippen molar-refractivity contribution < 1.29 is 4.74 Å². The van der Waals surface area contributed by atoms with Crippen molar-refractivity contribution in [3.8, 4) is 0 Å². The monoisotopic (exact) mass is 225 g/mol. The highest BCUT2D eigenvalue weighted by Gasteiger charge is 2.29. The Kier molecular flexibility index (Phi) is 4.66. The van der Waals surface area contributed by atoms with Crippen molar-refractivity contribution in [3.05, 3.63) is 0 Å². The molecule has 2 aliphatic carbocycles. The van der Waals surface area contributed by atoms with E-state index >= 15 is 0 Å². The molecule has 16 heavy (non-hydrogen) atoms. The van der Waals surface area contributed by atoms with Gasteiger partial charge >= 0.3 is 0 Å². The van der Waals surface area contributed by atoms with Crippen molar-refractivity contribution in [1.82, 2.24) is 5.32 Å². The normalized spacial score (nSPS) is 36.8. The van der Waals surface area contributed by atoms with E-state index in [0.717, 1.165) is 18.4 Å². The maximum Gasteiger partial charge on any atom is 0.0730 e. The van der Waals surface area contributed by atoms with Gasteiger partial charge in [-0.3, -0.25) is 0 Å². The maximum absolute atomic E-state index is 6.18. The molecule has 0 saturated heterocycles. The van der Waals surface area contributed by atoms with Crippen LogP contribution in [0.15, 0.2) is 0 Å². The minimum absolute atomic E-state index is 0.467. The molecule has 0 bridgehead atoms. The second kappa shape index (κ2) is 6.02. The molecule has 2 nitrogen and oxygen atoms in total. The average molecular weight is 225 g/mol. The summed E-state index contributed by atoms with van der Waals surface area (Å²) in [7, 11) is 2.08. The maximum atomic E-state index is 6.18. The van der Waals surface area contributed by atoms with Gasteiger partial charge in [0.25, 0.3) is 0 Å². The summed E-state index contributed by atoms with van der Waals surface area (Å²) in [5.74, 6) is 1.70. The van der Waals surface area contributed by atoms with Crippen LogP contribution < -0.4 is 5.32 Å². The highest BCUT2D eigenvalue weighted by Crippen LogP contribution is 2.29. The van der Waals surface area contributed by atoms with E-state index in [1.165, 1.54) is 44.9 Å². The number of hydrogen-bond donors (Lipinski definition) is 1. The molecule has 2 aliphatic rings. The Morgan fingerprint density at radius 1 is 1.12 bits per heavy atom. The number of ether oxygens (including phenoxy) is 1. The van der Waals surface area contributed by atoms with E-state index in [0.29, 0.717) is 12.1 Å². The van der Waals surface area contributed by atoms with E-state index in [4.69, 9.17) is 4.74 Å². The molecule has 0 radical (unpaired) electrons. The van der Waals surface area contributed by atoms with Crippen LogP contribution in [-0.4, -0.2) is 25.8 Å². The molecule has 2 saturated carbocycles. The molecule has 3 atom stereocenters. The molecule has 2 fully saturated rings. The largest absolute Gasteiger partial charge is 0.376 e. The predicted molar refractivity (Wildman–Crippen MR) is 67.6 cm³/mol. The van der Waals surface area contributed by atoms with Crippen molar-refractivity contribution in [2.75, 3.05) is 13.7 Å². The highest BCUT2D eigenvalue weighted by molar-refractivity contribution is 4.84. The number of hydrogen-bond acceptors (Lipinski definition) is 2. The van der Waals surface area contributed by atoms with Crippen molar-refractivity contribution in [2.24, 2.45) is 11.8 Å². The molecular weight excluding hydrogens is 198 g/mol. The van der Waals surface area contributed by atoms with Crippen LogP contribution >= 0.6 is 0 Å². The standard InChI is InChI=1S/C14H27NO/c1-11-7-8-13(15-2)14(9-11)16-10-12-5-3-4-6-12/h11-15H,3-10H2,1-2H3. The summed E-state index contributed by atoms with van der Waals surface area (Å²) in [6.07, 6.45) is 9.99. The number of likely N-dealkylation sites (N-methyl/N-ethyl adjacent to an activating group) is 1. The molecular formula is C14H27NO. The number of rotatable bonds is 4. The zero-order chi connectivity index (χ0) is 11.4. The van der Waals surface area contributed by atoms with Gasteiger partial charge in [-0.05, 0) is 51.0 Å². The zero-order valence-corrected chi connectivity index (χ0v) is 10.9. The fourth-order valence-electron chi connectivity index (χ4n) is 3.28. The van der Waals surface area contributed by atoms with Crippen LogP contribution in [0.2, 0.25) is 0 Å². The van der Waals surface area contributed by atoms with Gasteiger partial charge < -0.3 is 10.1 Å². The van der Waals surface area contributed by atoms with Gasteiger partial charge in [-0.25, -0.2) is 0 Å². The molecule has 0 heterocycles. The van der Waals surface area contributed by atoms with Gasteiger partial charge in [0.05, 0.1) is 6.10 Å². The highest BCUT2D eigenvalue weighted by atomic mass is 16.5. The average Bonchev–Trinajstić information content (AvgIpc) is 2.79. The third kappa shape index (κ3) is 3.21. The first-order valence-electron chi connectivity index (χ1n) is 7.08. The molecule has 0 aromatic heterocycles. The topological polar surface area (TPSA) is 21.3 Å². The van der Waals surface area contributed by atoms with Crippen LogP contribution in [0.4, 0.5) is 0 Å². The Balaban J connectivity index is 1.76. The van der Waals surface area contributed by atoms with Gasteiger partial charge in [0, 0.05) is 12.6 Å². The second-order valence-electron chi connectivity index (χ2n) is 5.84. The SMILES string of the molecule is CNC1CCC(C)CC1OCC1CCCC1. The van der Waals surface area contributed by atoms with E-state index in [1.807, 2.05) is 0 Å². The second-order valence-corrected chi connectivity index (χ2v) is 5.84. The van der Waals surface area contributed by atoms with Crippen LogP contribution in [0.5, 0.6) is 0 Å². The summed E-state index contributed by atoms with van der Waals surface area (Å²) in [6, 6.07) is 0.595. The fraction of sp³-hybridized carbons (Fsp3) is 1.00. The number of nitrogens with one attached hydrogen (secondary N) is 1. The first-order chi connectivity index (χ1) is 7.79. The Hall–Kier alpha value is -0.0800. The van der Waals surface area contributed by atoms with Crippen molar-refractivity contribution in [3.63, 3.8) is 0 Å². The van der Waals surface area contributed by atoms with Gasteiger partial charge in [-0.2, -0.15) is 0 Å². The molecule has 0 amide bonds. The van der Waals surface area contributed by atoms with Gasteiger partial charge in [0.2, 0.25) is 0 Å². The van der Waals surface area contributed by atoms with Crippen molar-refractivity contribution >= 4 is 0 Å². The van der Waals surface area contributed by atoms with Gasteiger partial charge in [-0.1, -0.05) is 19.8 Å². The smallest absolute Gasteiger partial charge is 0.0730 e. The summed E-state index contributed by atoms with van der Waals surface area (Å²) in [4.78, 5) is 0.